The molecule has 0 saturated heterocycles. The molecule has 1 rings (SSSR count). The van der Waals surface area contributed by atoms with Crippen molar-refractivity contribution in [3.05, 3.63) is 29.3 Å². The maximum atomic E-state index is 5.82. The van der Waals surface area contributed by atoms with Crippen molar-refractivity contribution in [3.8, 4) is 0 Å². The summed E-state index contributed by atoms with van der Waals surface area (Å²) in [5, 5.41) is 1.54. The highest BCUT2D eigenvalue weighted by molar-refractivity contribution is 6.74. The topological polar surface area (TPSA) is 18.5 Å². The molecular weight excluding hydrogens is 252 g/mol. The third-order valence-electron chi connectivity index (χ3n) is 3.29. The summed E-state index contributed by atoms with van der Waals surface area (Å²) in [6, 6.07) is 6.56. The van der Waals surface area contributed by atoms with Crippen LogP contribution in [0.4, 0.5) is 0 Å². The molecule has 3 heteroatoms. The molecule has 0 unspecified atom stereocenters. The summed E-state index contributed by atoms with van der Waals surface area (Å²) < 4.78 is 11.6. The van der Waals surface area contributed by atoms with Crippen molar-refractivity contribution < 1.29 is 9.47 Å². The lowest BCUT2D eigenvalue weighted by Gasteiger charge is -2.20. The Balaban J connectivity index is 2.75. The van der Waals surface area contributed by atoms with E-state index in [-0.39, 0.29) is 0 Å². The van der Waals surface area contributed by atoms with E-state index in [9.17, 15) is 0 Å². The van der Waals surface area contributed by atoms with E-state index in [1.807, 2.05) is 0 Å². The van der Waals surface area contributed by atoms with Crippen LogP contribution in [0.2, 0.25) is 0 Å². The third-order valence-corrected chi connectivity index (χ3v) is 6.29. The van der Waals surface area contributed by atoms with Gasteiger partial charge in [-0.3, -0.25) is 0 Å². The number of rotatable bonds is 9. The van der Waals surface area contributed by atoms with Crippen molar-refractivity contribution in [2.24, 2.45) is 0 Å². The lowest BCUT2D eigenvalue weighted by Crippen LogP contribution is -2.43. The fourth-order valence-corrected chi connectivity index (χ4v) is 5.24. The molecule has 0 aliphatic heterocycles. The molecule has 0 amide bonds. The van der Waals surface area contributed by atoms with Gasteiger partial charge < -0.3 is 9.47 Å². The fourth-order valence-electron chi connectivity index (χ4n) is 2.43. The monoisotopic (exact) mass is 280 g/mol. The highest BCUT2D eigenvalue weighted by Gasteiger charge is 2.18. The molecule has 0 fully saturated rings. The molecule has 0 bridgehead atoms. The highest BCUT2D eigenvalue weighted by atomic mass is 28.3. The molecule has 108 valence electrons. The Hall–Kier alpha value is -0.643. The summed E-state index contributed by atoms with van der Waals surface area (Å²) in [4.78, 5) is 0. The molecule has 0 saturated carbocycles. The molecule has 1 aromatic rings. The van der Waals surface area contributed by atoms with Crippen molar-refractivity contribution in [3.63, 3.8) is 0 Å². The smallest absolute Gasteiger partial charge is 0.129 e. The SMILES string of the molecule is CCCOC[SiH](COCCC)c1c(C)cccc1C. The first kappa shape index (κ1) is 16.4. The summed E-state index contributed by atoms with van der Waals surface area (Å²) in [6.07, 6.45) is 3.96. The minimum atomic E-state index is -1.18. The molecule has 2 nitrogen and oxygen atoms in total. The predicted octanol–water partition coefficient (Wildman–Crippen LogP) is 2.67. The largest absolute Gasteiger partial charge is 0.385 e. The van der Waals surface area contributed by atoms with Gasteiger partial charge in [0.05, 0.1) is 0 Å². The van der Waals surface area contributed by atoms with Gasteiger partial charge in [0.15, 0.2) is 0 Å². The Morgan fingerprint density at radius 2 is 1.37 bits per heavy atom. The second-order valence-electron chi connectivity index (χ2n) is 5.15. The number of hydrogen-bond acceptors (Lipinski definition) is 2. The normalized spacial score (nSPS) is 11.2. The Bertz CT molecular complexity index is 336. The van der Waals surface area contributed by atoms with E-state index in [1.165, 1.54) is 16.3 Å². The minimum absolute atomic E-state index is 0.863. The maximum absolute atomic E-state index is 5.82. The molecule has 0 radical (unpaired) electrons. The summed E-state index contributed by atoms with van der Waals surface area (Å²) in [6.45, 7) is 10.5. The first-order valence-corrected chi connectivity index (χ1v) is 9.63. The number of aryl methyl sites for hydroxylation is 2. The van der Waals surface area contributed by atoms with Crippen LogP contribution in [0, 0.1) is 13.8 Å². The average Bonchev–Trinajstić information content (AvgIpc) is 2.38. The van der Waals surface area contributed by atoms with E-state index in [0.717, 1.165) is 38.5 Å². The average molecular weight is 280 g/mol. The Morgan fingerprint density at radius 1 is 0.895 bits per heavy atom. The molecule has 0 aromatic heterocycles. The van der Waals surface area contributed by atoms with Crippen molar-refractivity contribution in [1.29, 1.82) is 0 Å². The molecule has 0 aliphatic carbocycles. The van der Waals surface area contributed by atoms with Crippen molar-refractivity contribution in [2.75, 3.05) is 25.7 Å². The highest BCUT2D eigenvalue weighted by Crippen LogP contribution is 2.04. The Kier molecular flexibility index (Phi) is 8.02. The molecule has 0 spiro atoms. The first-order valence-electron chi connectivity index (χ1n) is 7.42. The van der Waals surface area contributed by atoms with Gasteiger partial charge in [-0.25, -0.2) is 0 Å². The van der Waals surface area contributed by atoms with Crippen molar-refractivity contribution >= 4 is 14.0 Å². The zero-order valence-electron chi connectivity index (χ0n) is 12.9. The van der Waals surface area contributed by atoms with Gasteiger partial charge in [0.1, 0.15) is 8.80 Å². The third kappa shape index (κ3) is 5.47. The maximum Gasteiger partial charge on any atom is 0.129 e. The Labute approximate surface area is 119 Å². The summed E-state index contributed by atoms with van der Waals surface area (Å²) in [5.74, 6) is 0. The van der Waals surface area contributed by atoms with Crippen LogP contribution in [0.5, 0.6) is 0 Å². The Morgan fingerprint density at radius 3 is 1.79 bits per heavy atom. The van der Waals surface area contributed by atoms with E-state index in [1.54, 1.807) is 0 Å². The van der Waals surface area contributed by atoms with Gasteiger partial charge in [-0.1, -0.05) is 48.4 Å². The number of ether oxygens (including phenoxy) is 2. The lowest BCUT2D eigenvalue weighted by molar-refractivity contribution is 0.155. The van der Waals surface area contributed by atoms with E-state index < -0.39 is 8.80 Å². The quantitative estimate of drug-likeness (QED) is 0.511. The summed E-state index contributed by atoms with van der Waals surface area (Å²) in [5.41, 5.74) is 2.80. The minimum Gasteiger partial charge on any atom is -0.385 e. The van der Waals surface area contributed by atoms with Crippen LogP contribution in [0.15, 0.2) is 18.2 Å². The number of hydrogen-bond donors (Lipinski definition) is 0. The van der Waals surface area contributed by atoms with Crippen molar-refractivity contribution in [2.45, 2.75) is 40.5 Å². The standard InChI is InChI=1S/C16H28O2Si/c1-5-10-17-12-19(13-18-11-6-2)16-14(3)8-7-9-15(16)4/h7-9,19H,5-6,10-13H2,1-4H3. The molecule has 0 N–H and O–H groups in total. The van der Waals surface area contributed by atoms with E-state index in [4.69, 9.17) is 9.47 Å². The predicted molar refractivity (Wildman–Crippen MR) is 84.9 cm³/mol. The van der Waals surface area contributed by atoms with Gasteiger partial charge in [-0.15, -0.1) is 0 Å². The molecule has 19 heavy (non-hydrogen) atoms. The van der Waals surface area contributed by atoms with Crippen LogP contribution < -0.4 is 5.19 Å². The molecule has 1 aromatic carbocycles. The van der Waals surface area contributed by atoms with Gasteiger partial charge in [0, 0.05) is 25.7 Å². The van der Waals surface area contributed by atoms with Crippen LogP contribution in [0.3, 0.4) is 0 Å². The summed E-state index contributed by atoms with van der Waals surface area (Å²) in [7, 11) is -1.18. The molecule has 0 heterocycles. The second kappa shape index (κ2) is 9.29. The zero-order valence-corrected chi connectivity index (χ0v) is 14.0. The van der Waals surface area contributed by atoms with Gasteiger partial charge in [0.2, 0.25) is 0 Å². The summed E-state index contributed by atoms with van der Waals surface area (Å²) >= 11 is 0. The van der Waals surface area contributed by atoms with Crippen LogP contribution in [-0.2, 0) is 9.47 Å². The second-order valence-corrected chi connectivity index (χ2v) is 7.79. The molecule has 0 aliphatic rings. The zero-order chi connectivity index (χ0) is 14.1. The van der Waals surface area contributed by atoms with Gasteiger partial charge in [-0.05, 0) is 26.7 Å². The van der Waals surface area contributed by atoms with Gasteiger partial charge >= 0.3 is 0 Å². The first-order chi connectivity index (χ1) is 9.20. The van der Waals surface area contributed by atoms with Crippen LogP contribution in [0.25, 0.3) is 0 Å². The van der Waals surface area contributed by atoms with Crippen molar-refractivity contribution in [1.82, 2.24) is 0 Å². The molecular formula is C16H28O2Si. The van der Waals surface area contributed by atoms with Crippen LogP contribution in [0.1, 0.15) is 37.8 Å². The van der Waals surface area contributed by atoms with E-state index >= 15 is 0 Å². The van der Waals surface area contributed by atoms with Gasteiger partial charge in [-0.2, -0.15) is 0 Å². The van der Waals surface area contributed by atoms with Gasteiger partial charge in [0.25, 0.3) is 0 Å². The molecule has 0 atom stereocenters. The fraction of sp³-hybridized carbons (Fsp3) is 0.625. The lowest BCUT2D eigenvalue weighted by atomic mass is 10.2. The van der Waals surface area contributed by atoms with E-state index in [2.05, 4.69) is 45.9 Å². The van der Waals surface area contributed by atoms with Crippen LogP contribution >= 0.6 is 0 Å². The number of benzene rings is 1. The van der Waals surface area contributed by atoms with Crippen LogP contribution in [-0.4, -0.2) is 34.5 Å². The van der Waals surface area contributed by atoms with E-state index in [0.29, 0.717) is 0 Å².